The van der Waals surface area contributed by atoms with Crippen molar-refractivity contribution in [2.75, 3.05) is 13.2 Å². The SMILES string of the molecule is CC(C)(C)OC(=O)c1ccc(Cl)nc1Cl.CC(C)COc1cc(F)cc(-c2ccc(C(=O)O)c(Cl)n2)c1.CC(C)COc1cc(F)cc(-c2ccc(C(=O)OC(C)(C)C)c(Cl)n2)c1. The molecular weight excluding hydrogens is 902 g/mol. The van der Waals surface area contributed by atoms with Gasteiger partial charge in [-0.3, -0.25) is 0 Å². The highest BCUT2D eigenvalue weighted by molar-refractivity contribution is 6.34. The summed E-state index contributed by atoms with van der Waals surface area (Å²) in [5.41, 5.74) is 0.899. The number of hydrogen-bond donors (Lipinski definition) is 1. The molecule has 11 nitrogen and oxygen atoms in total. The number of carbonyl (C=O) groups is 3. The van der Waals surface area contributed by atoms with Gasteiger partial charge in [0.25, 0.3) is 0 Å². The number of rotatable bonds is 11. The van der Waals surface area contributed by atoms with E-state index >= 15 is 0 Å². The summed E-state index contributed by atoms with van der Waals surface area (Å²) in [6.07, 6.45) is 0. The summed E-state index contributed by atoms with van der Waals surface area (Å²) in [6.45, 7) is 19.6. The minimum atomic E-state index is -1.16. The van der Waals surface area contributed by atoms with Crippen LogP contribution in [0.3, 0.4) is 0 Å². The number of ether oxygens (including phenoxy) is 4. The smallest absolute Gasteiger partial charge is 0.341 e. The largest absolute Gasteiger partial charge is 0.493 e. The summed E-state index contributed by atoms with van der Waals surface area (Å²) >= 11 is 23.4. The van der Waals surface area contributed by atoms with Crippen molar-refractivity contribution in [1.82, 2.24) is 15.0 Å². The fraction of sp³-hybridized carbons (Fsp3) is 0.348. The second-order valence-corrected chi connectivity index (χ2v) is 18.1. The van der Waals surface area contributed by atoms with Crippen LogP contribution in [0.2, 0.25) is 20.6 Å². The molecule has 0 unspecified atom stereocenters. The van der Waals surface area contributed by atoms with E-state index in [9.17, 15) is 23.2 Å². The normalized spacial score (nSPS) is 11.2. The molecule has 5 aromatic rings. The number of carboxylic acid groups (broad SMARTS) is 1. The Bertz CT molecular complexity index is 2400. The molecule has 338 valence electrons. The van der Waals surface area contributed by atoms with Crippen molar-refractivity contribution < 1.29 is 47.2 Å². The van der Waals surface area contributed by atoms with E-state index in [0.29, 0.717) is 59.1 Å². The van der Waals surface area contributed by atoms with Gasteiger partial charge in [0, 0.05) is 23.3 Å². The van der Waals surface area contributed by atoms with Crippen LogP contribution >= 0.6 is 46.4 Å². The number of pyridine rings is 3. The highest BCUT2D eigenvalue weighted by atomic mass is 35.5. The highest BCUT2D eigenvalue weighted by Gasteiger charge is 2.22. The molecule has 0 bridgehead atoms. The van der Waals surface area contributed by atoms with Crippen molar-refractivity contribution in [2.45, 2.75) is 80.4 Å². The summed E-state index contributed by atoms with van der Waals surface area (Å²) < 4.78 is 49.2. The molecule has 1 N–H and O–H groups in total. The lowest BCUT2D eigenvalue weighted by Crippen LogP contribution is -2.24. The quantitative estimate of drug-likeness (QED) is 0.0996. The van der Waals surface area contributed by atoms with Gasteiger partial charge in [0.2, 0.25) is 0 Å². The van der Waals surface area contributed by atoms with Gasteiger partial charge in [-0.25, -0.2) is 38.1 Å². The molecule has 0 fully saturated rings. The van der Waals surface area contributed by atoms with Crippen LogP contribution in [0.15, 0.2) is 72.8 Å². The molecule has 2 aromatic carbocycles. The lowest BCUT2D eigenvalue weighted by molar-refractivity contribution is 0.00567. The average Bonchev–Trinajstić information content (AvgIpc) is 3.14. The van der Waals surface area contributed by atoms with Crippen molar-refractivity contribution in [2.24, 2.45) is 11.8 Å². The number of halogens is 6. The van der Waals surface area contributed by atoms with Crippen molar-refractivity contribution >= 4 is 64.3 Å². The van der Waals surface area contributed by atoms with E-state index < -0.39 is 40.7 Å². The molecule has 63 heavy (non-hydrogen) atoms. The number of carbonyl (C=O) groups excluding carboxylic acids is 2. The molecule has 0 radical (unpaired) electrons. The van der Waals surface area contributed by atoms with E-state index in [2.05, 4.69) is 15.0 Å². The van der Waals surface area contributed by atoms with Crippen molar-refractivity contribution in [3.8, 4) is 34.0 Å². The molecule has 0 amide bonds. The fourth-order valence-electron chi connectivity index (χ4n) is 4.85. The van der Waals surface area contributed by atoms with Crippen LogP contribution in [0.25, 0.3) is 22.5 Å². The van der Waals surface area contributed by atoms with Crippen LogP contribution in [-0.4, -0.2) is 62.4 Å². The van der Waals surface area contributed by atoms with Crippen LogP contribution in [0.5, 0.6) is 11.5 Å². The summed E-state index contributed by atoms with van der Waals surface area (Å²) in [6, 6.07) is 17.5. The lowest BCUT2D eigenvalue weighted by atomic mass is 10.1. The summed E-state index contributed by atoms with van der Waals surface area (Å²) in [7, 11) is 0. The number of esters is 2. The van der Waals surface area contributed by atoms with E-state index in [1.807, 2.05) is 27.7 Å². The molecule has 3 heterocycles. The van der Waals surface area contributed by atoms with Crippen molar-refractivity contribution in [3.63, 3.8) is 0 Å². The molecular formula is C46H49Cl4F2N3O8. The predicted molar refractivity (Wildman–Crippen MR) is 242 cm³/mol. The first-order chi connectivity index (χ1) is 29.2. The zero-order valence-electron chi connectivity index (χ0n) is 36.4. The first kappa shape index (κ1) is 52.3. The van der Waals surface area contributed by atoms with Crippen LogP contribution in [-0.2, 0) is 9.47 Å². The number of carboxylic acids is 1. The standard InChI is InChI=1S/C20H23ClFNO3.C16H15ClFNO3.C10H11Cl2NO2/c1-12(2)11-25-15-9-13(8-14(22)10-15)17-7-6-16(18(21)23-17)19(24)26-20(3,4)5;1-9(2)8-22-12-6-10(5-11(18)7-12)14-4-3-13(16(20)21)15(17)19-14;1-10(2,3)15-9(14)6-4-5-7(11)13-8(6)12/h6-10,12H,11H2,1-5H3;3-7,9H,8H2,1-2H3,(H,20,21);4-5H,1-3H3. The predicted octanol–water partition coefficient (Wildman–Crippen LogP) is 13.1. The minimum Gasteiger partial charge on any atom is -0.493 e. The van der Waals surface area contributed by atoms with Gasteiger partial charge >= 0.3 is 17.9 Å². The number of nitrogens with zero attached hydrogens (tertiary/aromatic N) is 3. The van der Waals surface area contributed by atoms with Crippen LogP contribution < -0.4 is 9.47 Å². The van der Waals surface area contributed by atoms with Crippen LogP contribution in [0.1, 0.15) is 100 Å². The number of hydrogen-bond acceptors (Lipinski definition) is 10. The average molecular weight is 952 g/mol. The zero-order chi connectivity index (χ0) is 47.4. The van der Waals surface area contributed by atoms with E-state index in [4.69, 9.17) is 70.5 Å². The maximum absolute atomic E-state index is 13.9. The molecule has 0 spiro atoms. The molecule has 0 aliphatic heterocycles. The second-order valence-electron chi connectivity index (χ2n) is 16.6. The summed E-state index contributed by atoms with van der Waals surface area (Å²) in [5, 5.41) is 9.09. The minimum absolute atomic E-state index is 0.00524. The fourth-order valence-corrected chi connectivity index (χ4v) is 5.73. The van der Waals surface area contributed by atoms with E-state index in [0.717, 1.165) is 0 Å². The Hall–Kier alpha value is -5.08. The molecule has 17 heteroatoms. The van der Waals surface area contributed by atoms with Crippen LogP contribution in [0.4, 0.5) is 8.78 Å². The number of aromatic nitrogens is 3. The van der Waals surface area contributed by atoms with Gasteiger partial charge in [0.05, 0.1) is 41.3 Å². The van der Waals surface area contributed by atoms with Gasteiger partial charge in [-0.15, -0.1) is 0 Å². The lowest BCUT2D eigenvalue weighted by Gasteiger charge is -2.19. The zero-order valence-corrected chi connectivity index (χ0v) is 39.4. The van der Waals surface area contributed by atoms with Gasteiger partial charge in [0.15, 0.2) is 0 Å². The summed E-state index contributed by atoms with van der Waals surface area (Å²) in [5.74, 6) is -1.67. The van der Waals surface area contributed by atoms with Gasteiger partial charge in [-0.2, -0.15) is 0 Å². The molecule has 0 atom stereocenters. The van der Waals surface area contributed by atoms with Gasteiger partial charge < -0.3 is 24.1 Å². The first-order valence-corrected chi connectivity index (χ1v) is 20.9. The Morgan fingerprint density at radius 1 is 0.571 bits per heavy atom. The Morgan fingerprint density at radius 2 is 0.937 bits per heavy atom. The van der Waals surface area contributed by atoms with Gasteiger partial charge in [-0.05, 0) is 114 Å². The molecule has 5 rings (SSSR count). The second kappa shape index (κ2) is 23.0. The van der Waals surface area contributed by atoms with Crippen LogP contribution in [0, 0.1) is 23.5 Å². The highest BCUT2D eigenvalue weighted by Crippen LogP contribution is 2.29. The number of benzene rings is 2. The van der Waals surface area contributed by atoms with Gasteiger partial charge in [-0.1, -0.05) is 74.1 Å². The Morgan fingerprint density at radius 3 is 1.27 bits per heavy atom. The Balaban J connectivity index is 0.000000261. The topological polar surface area (TPSA) is 147 Å². The van der Waals surface area contributed by atoms with Crippen molar-refractivity contribution in [3.05, 3.63) is 122 Å². The first-order valence-electron chi connectivity index (χ1n) is 19.4. The molecule has 0 saturated heterocycles. The third kappa shape index (κ3) is 17.9. The Labute approximate surface area is 386 Å². The molecule has 0 aliphatic carbocycles. The molecule has 0 saturated carbocycles. The number of aromatic carboxylic acids is 1. The van der Waals surface area contributed by atoms with E-state index in [-0.39, 0.29) is 37.3 Å². The summed E-state index contributed by atoms with van der Waals surface area (Å²) in [4.78, 5) is 46.7. The maximum atomic E-state index is 13.9. The maximum Gasteiger partial charge on any atom is 0.341 e. The third-order valence-electron chi connectivity index (χ3n) is 7.48. The van der Waals surface area contributed by atoms with Crippen molar-refractivity contribution in [1.29, 1.82) is 0 Å². The molecule has 0 aliphatic rings. The van der Waals surface area contributed by atoms with E-state index in [1.165, 1.54) is 54.6 Å². The molecule has 3 aromatic heterocycles. The monoisotopic (exact) mass is 949 g/mol. The third-order valence-corrected chi connectivity index (χ3v) is 8.56. The van der Waals surface area contributed by atoms with E-state index in [1.54, 1.807) is 59.7 Å². The van der Waals surface area contributed by atoms with Gasteiger partial charge in [0.1, 0.15) is 54.9 Å². The Kier molecular flexibility index (Phi) is 19.1.